The van der Waals surface area contributed by atoms with Crippen LogP contribution in [-0.2, 0) is 6.61 Å². The first-order chi connectivity index (χ1) is 13.9. The van der Waals surface area contributed by atoms with Crippen molar-refractivity contribution in [2.24, 2.45) is 0 Å². The molecule has 2 aromatic carbocycles. The summed E-state index contributed by atoms with van der Waals surface area (Å²) in [5.41, 5.74) is 1.14. The van der Waals surface area contributed by atoms with Crippen LogP contribution in [-0.4, -0.2) is 12.4 Å². The SMILES string of the molecule is Cc1cccc(Cl)c1OCc1ccc(/C=C/C(=O)c2cccc(OC(F)F)c2)o1. The molecular weight excluding hydrogens is 402 g/mol. The van der Waals surface area contributed by atoms with Crippen molar-refractivity contribution in [2.45, 2.75) is 20.1 Å². The Balaban J connectivity index is 1.62. The second kappa shape index (κ2) is 9.39. The number of furan rings is 1. The maximum Gasteiger partial charge on any atom is 0.387 e. The Hall–Kier alpha value is -3.12. The van der Waals surface area contributed by atoms with Crippen LogP contribution in [0.4, 0.5) is 8.78 Å². The van der Waals surface area contributed by atoms with Gasteiger partial charge in [0.1, 0.15) is 29.6 Å². The van der Waals surface area contributed by atoms with Gasteiger partial charge in [-0.05, 0) is 55.0 Å². The molecular formula is C22H17ClF2O4. The molecule has 0 aliphatic carbocycles. The minimum absolute atomic E-state index is 0.0773. The minimum Gasteiger partial charge on any atom is -0.484 e. The third-order valence-corrected chi connectivity index (χ3v) is 4.25. The Morgan fingerprint density at radius 3 is 2.72 bits per heavy atom. The van der Waals surface area contributed by atoms with Gasteiger partial charge >= 0.3 is 6.61 Å². The van der Waals surface area contributed by atoms with E-state index in [0.717, 1.165) is 5.56 Å². The Kier molecular flexibility index (Phi) is 6.67. The first kappa shape index (κ1) is 20.6. The van der Waals surface area contributed by atoms with Crippen molar-refractivity contribution in [3.63, 3.8) is 0 Å². The summed E-state index contributed by atoms with van der Waals surface area (Å²) in [7, 11) is 0. The maximum atomic E-state index is 12.3. The third-order valence-electron chi connectivity index (χ3n) is 3.95. The molecule has 0 bridgehead atoms. The smallest absolute Gasteiger partial charge is 0.387 e. The number of halogens is 3. The lowest BCUT2D eigenvalue weighted by atomic mass is 10.1. The summed E-state index contributed by atoms with van der Waals surface area (Å²) in [4.78, 5) is 12.2. The van der Waals surface area contributed by atoms with E-state index in [-0.39, 0.29) is 23.7 Å². The van der Waals surface area contributed by atoms with Gasteiger partial charge < -0.3 is 13.9 Å². The standard InChI is InChI=1S/C22H17ClF2O4/c1-14-4-2-7-19(23)21(14)27-13-18-9-8-16(28-18)10-11-20(26)15-5-3-6-17(12-15)29-22(24)25/h2-12,22H,13H2,1H3/b11-10+. The number of ether oxygens (including phenoxy) is 2. The van der Waals surface area contributed by atoms with E-state index in [0.29, 0.717) is 22.3 Å². The quantitative estimate of drug-likeness (QED) is 0.317. The topological polar surface area (TPSA) is 48.7 Å². The molecule has 1 heterocycles. The maximum absolute atomic E-state index is 12.3. The fraction of sp³-hybridized carbons (Fsp3) is 0.136. The molecule has 3 rings (SSSR count). The normalized spacial score (nSPS) is 11.2. The van der Waals surface area contributed by atoms with Gasteiger partial charge in [-0.1, -0.05) is 35.9 Å². The molecule has 0 aliphatic heterocycles. The number of alkyl halides is 2. The first-order valence-electron chi connectivity index (χ1n) is 8.66. The van der Waals surface area contributed by atoms with Crippen LogP contribution in [0.3, 0.4) is 0 Å². The van der Waals surface area contributed by atoms with Gasteiger partial charge in [-0.25, -0.2) is 0 Å². The molecule has 0 saturated heterocycles. The zero-order chi connectivity index (χ0) is 20.8. The number of aryl methyl sites for hydroxylation is 1. The highest BCUT2D eigenvalue weighted by Crippen LogP contribution is 2.29. The molecule has 0 fully saturated rings. The van der Waals surface area contributed by atoms with Crippen molar-refractivity contribution in [3.8, 4) is 11.5 Å². The number of carbonyl (C=O) groups is 1. The van der Waals surface area contributed by atoms with Gasteiger partial charge in [0, 0.05) is 5.56 Å². The third kappa shape index (κ3) is 5.68. The molecule has 29 heavy (non-hydrogen) atoms. The number of allylic oxidation sites excluding steroid dienone is 1. The van der Waals surface area contributed by atoms with E-state index in [2.05, 4.69) is 4.74 Å². The van der Waals surface area contributed by atoms with Gasteiger partial charge in [0.15, 0.2) is 5.78 Å². The lowest BCUT2D eigenvalue weighted by Gasteiger charge is -2.09. The Morgan fingerprint density at radius 1 is 1.17 bits per heavy atom. The van der Waals surface area contributed by atoms with Crippen molar-refractivity contribution >= 4 is 23.5 Å². The lowest BCUT2D eigenvalue weighted by Crippen LogP contribution is -2.03. The van der Waals surface area contributed by atoms with Crippen LogP contribution >= 0.6 is 11.6 Å². The van der Waals surface area contributed by atoms with E-state index in [4.69, 9.17) is 20.8 Å². The molecule has 0 aliphatic rings. The molecule has 7 heteroatoms. The lowest BCUT2D eigenvalue weighted by molar-refractivity contribution is -0.0498. The molecule has 0 spiro atoms. The van der Waals surface area contributed by atoms with Crippen molar-refractivity contribution in [2.75, 3.05) is 0 Å². The largest absolute Gasteiger partial charge is 0.484 e. The van der Waals surface area contributed by atoms with Gasteiger partial charge in [0.05, 0.1) is 5.02 Å². The number of benzene rings is 2. The molecule has 0 atom stereocenters. The molecule has 1 aromatic heterocycles. The van der Waals surface area contributed by atoms with Crippen molar-refractivity contribution in [3.05, 3.63) is 88.3 Å². The molecule has 0 radical (unpaired) electrons. The first-order valence-corrected chi connectivity index (χ1v) is 9.04. The molecule has 0 N–H and O–H groups in total. The monoisotopic (exact) mass is 418 g/mol. The second-order valence-electron chi connectivity index (χ2n) is 6.08. The second-order valence-corrected chi connectivity index (χ2v) is 6.49. The number of carbonyl (C=O) groups excluding carboxylic acids is 1. The summed E-state index contributed by atoms with van der Waals surface area (Å²) in [5, 5.41) is 0.514. The van der Waals surface area contributed by atoms with Gasteiger partial charge in [-0.3, -0.25) is 4.79 Å². The number of hydrogen-bond acceptors (Lipinski definition) is 4. The van der Waals surface area contributed by atoms with Gasteiger partial charge in [-0.15, -0.1) is 0 Å². The van der Waals surface area contributed by atoms with E-state index in [1.54, 1.807) is 18.2 Å². The van der Waals surface area contributed by atoms with Crippen LogP contribution in [0.2, 0.25) is 5.02 Å². The number of para-hydroxylation sites is 1. The van der Waals surface area contributed by atoms with E-state index >= 15 is 0 Å². The fourth-order valence-corrected chi connectivity index (χ4v) is 2.86. The number of rotatable bonds is 8. The number of ketones is 1. The summed E-state index contributed by atoms with van der Waals surface area (Å²) in [6.45, 7) is -0.877. The summed E-state index contributed by atoms with van der Waals surface area (Å²) >= 11 is 6.13. The van der Waals surface area contributed by atoms with Crippen molar-refractivity contribution < 1.29 is 27.5 Å². The zero-order valence-electron chi connectivity index (χ0n) is 15.4. The van der Waals surface area contributed by atoms with Gasteiger partial charge in [0.25, 0.3) is 0 Å². The molecule has 150 valence electrons. The Bertz CT molecular complexity index is 1010. The average Bonchev–Trinajstić information content (AvgIpc) is 3.13. The molecule has 0 amide bonds. The molecule has 0 saturated carbocycles. The average molecular weight is 419 g/mol. The van der Waals surface area contributed by atoms with E-state index < -0.39 is 6.61 Å². The molecule has 4 nitrogen and oxygen atoms in total. The van der Waals surface area contributed by atoms with E-state index in [1.165, 1.54) is 36.4 Å². The summed E-state index contributed by atoms with van der Waals surface area (Å²) < 4.78 is 40.2. The van der Waals surface area contributed by atoms with Crippen LogP contribution in [0, 0.1) is 6.92 Å². The van der Waals surface area contributed by atoms with Crippen LogP contribution in [0.15, 0.2) is 65.1 Å². The number of hydrogen-bond donors (Lipinski definition) is 0. The summed E-state index contributed by atoms with van der Waals surface area (Å²) in [6.07, 6.45) is 2.79. The predicted octanol–water partition coefficient (Wildman–Crippen LogP) is 6.32. The highest BCUT2D eigenvalue weighted by Gasteiger charge is 2.09. The predicted molar refractivity (Wildman–Crippen MR) is 106 cm³/mol. The minimum atomic E-state index is -2.95. The van der Waals surface area contributed by atoms with Crippen LogP contribution in [0.1, 0.15) is 27.4 Å². The molecule has 0 unspecified atom stereocenters. The van der Waals surface area contributed by atoms with Crippen LogP contribution < -0.4 is 9.47 Å². The summed E-state index contributed by atoms with van der Waals surface area (Å²) in [5.74, 6) is 1.15. The van der Waals surface area contributed by atoms with Gasteiger partial charge in [-0.2, -0.15) is 8.78 Å². The van der Waals surface area contributed by atoms with Crippen molar-refractivity contribution in [1.29, 1.82) is 0 Å². The van der Waals surface area contributed by atoms with Crippen molar-refractivity contribution in [1.82, 2.24) is 0 Å². The Morgan fingerprint density at radius 2 is 1.97 bits per heavy atom. The van der Waals surface area contributed by atoms with E-state index in [9.17, 15) is 13.6 Å². The van der Waals surface area contributed by atoms with Crippen LogP contribution in [0.25, 0.3) is 6.08 Å². The molecule has 3 aromatic rings. The Labute approximate surface area is 171 Å². The highest BCUT2D eigenvalue weighted by molar-refractivity contribution is 6.32. The highest BCUT2D eigenvalue weighted by atomic mass is 35.5. The summed E-state index contributed by atoms with van der Waals surface area (Å²) in [6, 6.07) is 14.5. The van der Waals surface area contributed by atoms with E-state index in [1.807, 2.05) is 19.1 Å². The fourth-order valence-electron chi connectivity index (χ4n) is 2.58. The van der Waals surface area contributed by atoms with Gasteiger partial charge in [0.2, 0.25) is 0 Å². The van der Waals surface area contributed by atoms with Crippen LogP contribution in [0.5, 0.6) is 11.5 Å². The zero-order valence-corrected chi connectivity index (χ0v) is 16.2.